The predicted octanol–water partition coefficient (Wildman–Crippen LogP) is -0.430. The van der Waals surface area contributed by atoms with Crippen molar-refractivity contribution >= 4 is 5.91 Å². The van der Waals surface area contributed by atoms with Crippen molar-refractivity contribution in [1.82, 2.24) is 16.0 Å². The van der Waals surface area contributed by atoms with Crippen LogP contribution in [0.3, 0.4) is 0 Å². The number of aliphatic hydroxyl groups is 2. The van der Waals surface area contributed by atoms with Crippen molar-refractivity contribution in [3.05, 3.63) is 35.4 Å². The summed E-state index contributed by atoms with van der Waals surface area (Å²) < 4.78 is 18.3. The van der Waals surface area contributed by atoms with Gasteiger partial charge >= 0.3 is 0 Å². The summed E-state index contributed by atoms with van der Waals surface area (Å²) in [4.78, 5) is 12.8. The predicted molar refractivity (Wildman–Crippen MR) is 117 cm³/mol. The summed E-state index contributed by atoms with van der Waals surface area (Å²) in [6, 6.07) is 6.41. The van der Waals surface area contributed by atoms with E-state index in [1.165, 1.54) is 0 Å². The molecule has 4 rings (SSSR count). The van der Waals surface area contributed by atoms with Crippen LogP contribution < -0.4 is 16.0 Å². The number of carbonyl (C=O) groups is 1. The SMILES string of the molecule is CNC1C2OC3(O)C(NC(=O)Cc4cccc(C)c4)C[C@@H](C)OC3OC2C[C@H](NC)C1O. The third-order valence-corrected chi connectivity index (χ3v) is 6.86. The fraction of sp³-hybridized carbons (Fsp3) is 0.696. The van der Waals surface area contributed by atoms with E-state index in [1.807, 2.05) is 38.1 Å². The average Bonchev–Trinajstić information content (AvgIpc) is 2.73. The van der Waals surface area contributed by atoms with E-state index < -0.39 is 36.4 Å². The monoisotopic (exact) mass is 449 g/mol. The largest absolute Gasteiger partial charge is 0.390 e. The Morgan fingerprint density at radius 3 is 2.69 bits per heavy atom. The van der Waals surface area contributed by atoms with Gasteiger partial charge in [0.25, 0.3) is 0 Å². The zero-order chi connectivity index (χ0) is 23.0. The second-order valence-corrected chi connectivity index (χ2v) is 9.25. The topological polar surface area (TPSA) is 121 Å². The van der Waals surface area contributed by atoms with E-state index in [-0.39, 0.29) is 30.6 Å². The molecule has 178 valence electrons. The van der Waals surface area contributed by atoms with Crippen LogP contribution in [0.4, 0.5) is 0 Å². The minimum atomic E-state index is -1.86. The first-order valence-electron chi connectivity index (χ1n) is 11.3. The lowest BCUT2D eigenvalue weighted by molar-refractivity contribution is -0.442. The van der Waals surface area contributed by atoms with Crippen molar-refractivity contribution in [3.8, 4) is 0 Å². The maximum atomic E-state index is 12.8. The Labute approximate surface area is 188 Å². The van der Waals surface area contributed by atoms with E-state index in [4.69, 9.17) is 14.2 Å². The highest BCUT2D eigenvalue weighted by Crippen LogP contribution is 2.41. The first-order valence-corrected chi connectivity index (χ1v) is 11.3. The van der Waals surface area contributed by atoms with Crippen LogP contribution in [-0.4, -0.2) is 84.8 Å². The lowest BCUT2D eigenvalue weighted by Crippen LogP contribution is -2.76. The number of amides is 1. The van der Waals surface area contributed by atoms with E-state index in [9.17, 15) is 15.0 Å². The first kappa shape index (κ1) is 23.6. The van der Waals surface area contributed by atoms with Gasteiger partial charge in [0.1, 0.15) is 6.10 Å². The molecule has 7 unspecified atom stereocenters. The molecule has 9 nitrogen and oxygen atoms in total. The van der Waals surface area contributed by atoms with Crippen LogP contribution in [0.5, 0.6) is 0 Å². The van der Waals surface area contributed by atoms with Gasteiger partial charge < -0.3 is 40.4 Å². The molecule has 2 heterocycles. The van der Waals surface area contributed by atoms with Crippen LogP contribution in [0.2, 0.25) is 0 Å². The molecule has 1 amide bonds. The van der Waals surface area contributed by atoms with Gasteiger partial charge in [0.15, 0.2) is 0 Å². The lowest BCUT2D eigenvalue weighted by Gasteiger charge is -2.56. The molecular weight excluding hydrogens is 414 g/mol. The van der Waals surface area contributed by atoms with Gasteiger partial charge in [-0.3, -0.25) is 4.79 Å². The van der Waals surface area contributed by atoms with Gasteiger partial charge in [-0.05, 0) is 46.3 Å². The molecule has 9 atom stereocenters. The summed E-state index contributed by atoms with van der Waals surface area (Å²) in [6.07, 6.45) is -1.91. The molecule has 0 radical (unpaired) electrons. The average molecular weight is 450 g/mol. The van der Waals surface area contributed by atoms with Crippen molar-refractivity contribution in [2.75, 3.05) is 14.1 Å². The number of aliphatic hydroxyl groups excluding tert-OH is 1. The number of hydrogen-bond donors (Lipinski definition) is 5. The molecule has 1 aromatic carbocycles. The Morgan fingerprint density at radius 2 is 2.00 bits per heavy atom. The van der Waals surface area contributed by atoms with Gasteiger partial charge in [-0.25, -0.2) is 0 Å². The van der Waals surface area contributed by atoms with Crippen molar-refractivity contribution in [1.29, 1.82) is 0 Å². The van der Waals surface area contributed by atoms with E-state index in [0.29, 0.717) is 12.8 Å². The minimum Gasteiger partial charge on any atom is -0.390 e. The molecule has 1 aromatic rings. The third-order valence-electron chi connectivity index (χ3n) is 6.86. The standard InChI is InChI=1S/C23H35N3O6/c1-12-6-5-7-14(8-12)10-18(27)26-17-9-13(2)30-22-23(17,29)32-21-16(31-22)11-15(24-3)20(28)19(21)25-4/h5-8,13,15-17,19-22,24-25,28-29H,9-11H2,1-4H3,(H,26,27)/t13-,15+,16?,17?,19?,20?,21?,22?,23?/m1/s1. The van der Waals surface area contributed by atoms with Gasteiger partial charge in [0.2, 0.25) is 18.0 Å². The number of aryl methyl sites for hydroxylation is 1. The second kappa shape index (κ2) is 9.34. The van der Waals surface area contributed by atoms with Gasteiger partial charge in [-0.1, -0.05) is 29.8 Å². The van der Waals surface area contributed by atoms with Gasteiger partial charge in [-0.15, -0.1) is 0 Å². The molecular formula is C23H35N3O6. The molecule has 2 aliphatic heterocycles. The maximum absolute atomic E-state index is 12.8. The van der Waals surface area contributed by atoms with Crippen LogP contribution in [0.25, 0.3) is 0 Å². The number of rotatable bonds is 5. The number of carbonyl (C=O) groups excluding carboxylic acids is 1. The molecule has 9 heteroatoms. The summed E-state index contributed by atoms with van der Waals surface area (Å²) in [6.45, 7) is 3.86. The second-order valence-electron chi connectivity index (χ2n) is 9.25. The van der Waals surface area contributed by atoms with Gasteiger partial charge in [-0.2, -0.15) is 0 Å². The van der Waals surface area contributed by atoms with Crippen LogP contribution >= 0.6 is 0 Å². The molecule has 1 aliphatic carbocycles. The quantitative estimate of drug-likeness (QED) is 0.411. The van der Waals surface area contributed by atoms with E-state index in [1.54, 1.807) is 14.1 Å². The highest BCUT2D eigenvalue weighted by Gasteiger charge is 2.61. The number of hydrogen-bond acceptors (Lipinski definition) is 8. The maximum Gasteiger partial charge on any atom is 0.239 e. The molecule has 0 bridgehead atoms. The van der Waals surface area contributed by atoms with E-state index in [0.717, 1.165) is 11.1 Å². The molecule has 0 aromatic heterocycles. The van der Waals surface area contributed by atoms with Crippen molar-refractivity contribution in [2.24, 2.45) is 0 Å². The van der Waals surface area contributed by atoms with Crippen molar-refractivity contribution in [3.63, 3.8) is 0 Å². The highest BCUT2D eigenvalue weighted by atomic mass is 16.8. The lowest BCUT2D eigenvalue weighted by atomic mass is 9.81. The van der Waals surface area contributed by atoms with Crippen molar-refractivity contribution < 1.29 is 29.2 Å². The number of nitrogens with one attached hydrogen (secondary N) is 3. The Balaban J connectivity index is 1.53. The Kier molecular flexibility index (Phi) is 6.88. The molecule has 5 N–H and O–H groups in total. The molecule has 1 saturated carbocycles. The first-order chi connectivity index (χ1) is 15.2. The minimum absolute atomic E-state index is 0.186. The van der Waals surface area contributed by atoms with Crippen LogP contribution in [0.1, 0.15) is 30.9 Å². The van der Waals surface area contributed by atoms with E-state index >= 15 is 0 Å². The normalized spacial score (nSPS) is 41.4. The van der Waals surface area contributed by atoms with Gasteiger partial charge in [0, 0.05) is 6.04 Å². The van der Waals surface area contributed by atoms with E-state index in [2.05, 4.69) is 16.0 Å². The fourth-order valence-electron chi connectivity index (χ4n) is 5.19. The zero-order valence-electron chi connectivity index (χ0n) is 19.1. The zero-order valence-corrected chi connectivity index (χ0v) is 19.1. The number of fused-ring (bicyclic) bond motifs is 2. The molecule has 32 heavy (non-hydrogen) atoms. The fourth-order valence-corrected chi connectivity index (χ4v) is 5.19. The molecule has 0 spiro atoms. The summed E-state index contributed by atoms with van der Waals surface area (Å²) >= 11 is 0. The van der Waals surface area contributed by atoms with Gasteiger partial charge in [0.05, 0.1) is 36.8 Å². The van der Waals surface area contributed by atoms with Crippen LogP contribution in [0.15, 0.2) is 24.3 Å². The Morgan fingerprint density at radius 1 is 1.22 bits per heavy atom. The third kappa shape index (κ3) is 4.43. The summed E-state index contributed by atoms with van der Waals surface area (Å²) in [5.74, 6) is -2.08. The number of ether oxygens (including phenoxy) is 3. The Hall–Kier alpha value is -1.59. The molecule has 3 aliphatic rings. The summed E-state index contributed by atoms with van der Waals surface area (Å²) in [5, 5.41) is 31.5. The number of likely N-dealkylation sites (N-methyl/N-ethyl adjacent to an activating group) is 2. The molecule has 2 saturated heterocycles. The highest BCUT2D eigenvalue weighted by molar-refractivity contribution is 5.79. The Bertz CT molecular complexity index is 825. The van der Waals surface area contributed by atoms with Crippen LogP contribution in [0, 0.1) is 6.92 Å². The summed E-state index contributed by atoms with van der Waals surface area (Å²) in [5.41, 5.74) is 1.98. The van der Waals surface area contributed by atoms with Crippen LogP contribution in [-0.2, 0) is 25.4 Å². The molecule has 3 fully saturated rings. The summed E-state index contributed by atoms with van der Waals surface area (Å²) in [7, 11) is 3.53. The smallest absolute Gasteiger partial charge is 0.239 e. The van der Waals surface area contributed by atoms with Crippen molar-refractivity contribution in [2.45, 2.75) is 87.7 Å². The number of benzene rings is 1.